The molecule has 2 rings (SSSR count). The molecule has 0 aliphatic carbocycles. The highest BCUT2D eigenvalue weighted by molar-refractivity contribution is 5.65. The minimum Gasteiger partial charge on any atom is -0.399 e. The molecule has 0 aliphatic rings. The zero-order valence-electron chi connectivity index (χ0n) is 12.4. The van der Waals surface area contributed by atoms with Gasteiger partial charge in [0, 0.05) is 5.69 Å². The van der Waals surface area contributed by atoms with Crippen LogP contribution in [0.25, 0.3) is 11.1 Å². The van der Waals surface area contributed by atoms with Gasteiger partial charge in [0.15, 0.2) is 0 Å². The zero-order valence-corrected chi connectivity index (χ0v) is 12.4. The quantitative estimate of drug-likeness (QED) is 0.524. The highest BCUT2D eigenvalue weighted by atomic mass is 14.5. The van der Waals surface area contributed by atoms with Gasteiger partial charge in [-0.3, -0.25) is 0 Å². The summed E-state index contributed by atoms with van der Waals surface area (Å²) in [5.74, 6) is 0. The molecule has 0 bridgehead atoms. The Morgan fingerprint density at radius 3 is 1.85 bits per heavy atom. The molecule has 2 aromatic rings. The molecule has 0 heterocycles. The molecule has 2 N–H and O–H groups in total. The second kappa shape index (κ2) is 7.74. The van der Waals surface area contributed by atoms with Gasteiger partial charge in [-0.25, -0.2) is 0 Å². The lowest BCUT2D eigenvalue weighted by Gasteiger charge is -2.05. The number of benzene rings is 2. The molecule has 0 saturated carbocycles. The molecule has 0 radical (unpaired) electrons. The Hall–Kier alpha value is -1.76. The smallest absolute Gasteiger partial charge is 0.0314 e. The molecule has 0 amide bonds. The average molecular weight is 267 g/mol. The number of aryl methyl sites for hydroxylation is 1. The first-order valence-corrected chi connectivity index (χ1v) is 7.74. The summed E-state index contributed by atoms with van der Waals surface area (Å²) in [6, 6.07) is 17.0. The number of nitrogens with two attached hydrogens (primary N) is 1. The third-order valence-electron chi connectivity index (χ3n) is 3.77. The second-order valence-electron chi connectivity index (χ2n) is 5.48. The van der Waals surface area contributed by atoms with E-state index in [4.69, 9.17) is 5.73 Å². The topological polar surface area (TPSA) is 26.0 Å². The van der Waals surface area contributed by atoms with Crippen molar-refractivity contribution >= 4 is 5.69 Å². The van der Waals surface area contributed by atoms with Gasteiger partial charge >= 0.3 is 0 Å². The Bertz CT molecular complexity index is 496. The number of rotatable bonds is 7. The Morgan fingerprint density at radius 2 is 1.25 bits per heavy atom. The largest absolute Gasteiger partial charge is 0.399 e. The second-order valence-corrected chi connectivity index (χ2v) is 5.48. The van der Waals surface area contributed by atoms with Gasteiger partial charge < -0.3 is 5.73 Å². The van der Waals surface area contributed by atoms with E-state index in [9.17, 15) is 0 Å². The fourth-order valence-electron chi connectivity index (χ4n) is 2.47. The molecular formula is C19H25N. The highest BCUT2D eigenvalue weighted by Crippen LogP contribution is 2.21. The lowest BCUT2D eigenvalue weighted by molar-refractivity contribution is 0.632. The summed E-state index contributed by atoms with van der Waals surface area (Å²) < 4.78 is 0. The summed E-state index contributed by atoms with van der Waals surface area (Å²) in [6.45, 7) is 2.26. The summed E-state index contributed by atoms with van der Waals surface area (Å²) in [5, 5.41) is 0. The molecule has 0 saturated heterocycles. The van der Waals surface area contributed by atoms with Crippen LogP contribution < -0.4 is 5.73 Å². The molecule has 0 aliphatic heterocycles. The number of unbranched alkanes of at least 4 members (excludes halogenated alkanes) is 4. The highest BCUT2D eigenvalue weighted by Gasteiger charge is 1.98. The first-order valence-electron chi connectivity index (χ1n) is 7.74. The molecule has 1 nitrogen and oxygen atoms in total. The van der Waals surface area contributed by atoms with Crippen molar-refractivity contribution < 1.29 is 0 Å². The van der Waals surface area contributed by atoms with Crippen molar-refractivity contribution in [3.8, 4) is 11.1 Å². The van der Waals surface area contributed by atoms with Crippen molar-refractivity contribution in [3.63, 3.8) is 0 Å². The average Bonchev–Trinajstić information content (AvgIpc) is 2.49. The van der Waals surface area contributed by atoms with Crippen LogP contribution in [0.15, 0.2) is 48.5 Å². The SMILES string of the molecule is CCCCCCCc1ccc(-c2ccc(N)cc2)cc1. The van der Waals surface area contributed by atoms with Crippen LogP contribution in [0.4, 0.5) is 5.69 Å². The van der Waals surface area contributed by atoms with Crippen molar-refractivity contribution in [3.05, 3.63) is 54.1 Å². The summed E-state index contributed by atoms with van der Waals surface area (Å²) in [6.07, 6.45) is 7.92. The van der Waals surface area contributed by atoms with Crippen LogP contribution in [0.2, 0.25) is 0 Å². The van der Waals surface area contributed by atoms with Gasteiger partial charge in [-0.15, -0.1) is 0 Å². The molecule has 0 fully saturated rings. The van der Waals surface area contributed by atoms with Crippen LogP contribution >= 0.6 is 0 Å². The van der Waals surface area contributed by atoms with E-state index in [1.165, 1.54) is 55.2 Å². The van der Waals surface area contributed by atoms with Crippen LogP contribution in [0.5, 0.6) is 0 Å². The van der Waals surface area contributed by atoms with Gasteiger partial charge in [0.2, 0.25) is 0 Å². The fourth-order valence-corrected chi connectivity index (χ4v) is 2.47. The Morgan fingerprint density at radius 1 is 0.700 bits per heavy atom. The summed E-state index contributed by atoms with van der Waals surface area (Å²) in [4.78, 5) is 0. The fraction of sp³-hybridized carbons (Fsp3) is 0.368. The van der Waals surface area contributed by atoms with Gasteiger partial charge in [0.05, 0.1) is 0 Å². The van der Waals surface area contributed by atoms with Crippen molar-refractivity contribution in [1.82, 2.24) is 0 Å². The van der Waals surface area contributed by atoms with E-state index in [0.717, 1.165) is 5.69 Å². The van der Waals surface area contributed by atoms with Crippen LogP contribution in [0.3, 0.4) is 0 Å². The predicted octanol–water partition coefficient (Wildman–Crippen LogP) is 5.45. The maximum atomic E-state index is 5.72. The van der Waals surface area contributed by atoms with E-state index in [1.54, 1.807) is 0 Å². The van der Waals surface area contributed by atoms with Crippen molar-refractivity contribution in [2.24, 2.45) is 0 Å². The molecule has 0 unspecified atom stereocenters. The monoisotopic (exact) mass is 267 g/mol. The van der Waals surface area contributed by atoms with E-state index in [-0.39, 0.29) is 0 Å². The first-order chi connectivity index (χ1) is 9.79. The summed E-state index contributed by atoms with van der Waals surface area (Å²) in [7, 11) is 0. The molecule has 1 heteroatoms. The third-order valence-corrected chi connectivity index (χ3v) is 3.77. The van der Waals surface area contributed by atoms with E-state index < -0.39 is 0 Å². The van der Waals surface area contributed by atoms with Gasteiger partial charge in [-0.2, -0.15) is 0 Å². The van der Waals surface area contributed by atoms with E-state index >= 15 is 0 Å². The summed E-state index contributed by atoms with van der Waals surface area (Å²) in [5.41, 5.74) is 10.5. The number of nitrogen functional groups attached to an aromatic ring is 1. The minimum absolute atomic E-state index is 0.817. The number of hydrogen-bond donors (Lipinski definition) is 1. The maximum absolute atomic E-state index is 5.72. The van der Waals surface area contributed by atoms with Crippen LogP contribution in [-0.2, 0) is 6.42 Å². The molecule has 20 heavy (non-hydrogen) atoms. The van der Waals surface area contributed by atoms with Gasteiger partial charge in [0.1, 0.15) is 0 Å². The van der Waals surface area contributed by atoms with Gasteiger partial charge in [0.25, 0.3) is 0 Å². The van der Waals surface area contributed by atoms with Crippen molar-refractivity contribution in [2.75, 3.05) is 5.73 Å². The minimum atomic E-state index is 0.817. The normalized spacial score (nSPS) is 10.7. The van der Waals surface area contributed by atoms with Crippen LogP contribution in [-0.4, -0.2) is 0 Å². The molecular weight excluding hydrogens is 242 g/mol. The molecule has 0 atom stereocenters. The lowest BCUT2D eigenvalue weighted by Crippen LogP contribution is -1.87. The Balaban J connectivity index is 1.88. The lowest BCUT2D eigenvalue weighted by atomic mass is 10.0. The van der Waals surface area contributed by atoms with Gasteiger partial charge in [-0.05, 0) is 41.7 Å². The van der Waals surface area contributed by atoms with Crippen LogP contribution in [0.1, 0.15) is 44.6 Å². The van der Waals surface area contributed by atoms with Crippen molar-refractivity contribution in [2.45, 2.75) is 45.4 Å². The number of hydrogen-bond acceptors (Lipinski definition) is 1. The molecule has 0 aromatic heterocycles. The van der Waals surface area contributed by atoms with E-state index in [2.05, 4.69) is 43.3 Å². The number of anilines is 1. The summed E-state index contributed by atoms with van der Waals surface area (Å²) >= 11 is 0. The molecule has 106 valence electrons. The Kier molecular flexibility index (Phi) is 5.67. The molecule has 2 aromatic carbocycles. The molecule has 0 spiro atoms. The van der Waals surface area contributed by atoms with Crippen molar-refractivity contribution in [1.29, 1.82) is 0 Å². The predicted molar refractivity (Wildman–Crippen MR) is 88.8 cm³/mol. The maximum Gasteiger partial charge on any atom is 0.0314 e. The van der Waals surface area contributed by atoms with Crippen LogP contribution in [0, 0.1) is 0 Å². The standard InChI is InChI=1S/C19H25N/c1-2-3-4-5-6-7-16-8-10-17(11-9-16)18-12-14-19(20)15-13-18/h8-15H,2-7,20H2,1H3. The van der Waals surface area contributed by atoms with E-state index in [1.807, 2.05) is 12.1 Å². The third kappa shape index (κ3) is 4.41. The van der Waals surface area contributed by atoms with E-state index in [0.29, 0.717) is 0 Å². The van der Waals surface area contributed by atoms with Gasteiger partial charge in [-0.1, -0.05) is 69.0 Å². The first kappa shape index (κ1) is 14.6. The Labute approximate surface area is 122 Å². The zero-order chi connectivity index (χ0) is 14.2.